The molecule has 1 aliphatic rings. The average molecular weight is 280 g/mol. The molecule has 1 aromatic carbocycles. The van der Waals surface area contributed by atoms with Crippen LogP contribution >= 0.6 is 0 Å². The fraction of sp³-hybridized carbons (Fsp3) is 0.421. The highest BCUT2D eigenvalue weighted by Gasteiger charge is 2.35. The van der Waals surface area contributed by atoms with E-state index in [-0.39, 0.29) is 0 Å². The predicted octanol–water partition coefficient (Wildman–Crippen LogP) is 3.93. The van der Waals surface area contributed by atoms with Crippen molar-refractivity contribution in [1.82, 2.24) is 10.3 Å². The molecule has 0 saturated heterocycles. The summed E-state index contributed by atoms with van der Waals surface area (Å²) in [7, 11) is 0. The van der Waals surface area contributed by atoms with Gasteiger partial charge in [-0.1, -0.05) is 44.2 Å². The summed E-state index contributed by atoms with van der Waals surface area (Å²) < 4.78 is 0. The Labute approximate surface area is 127 Å². The molecule has 1 aromatic heterocycles. The second kappa shape index (κ2) is 5.98. The molecule has 0 aliphatic heterocycles. The molecule has 2 nitrogen and oxygen atoms in total. The van der Waals surface area contributed by atoms with Gasteiger partial charge in [-0.15, -0.1) is 0 Å². The molecule has 110 valence electrons. The molecule has 1 atom stereocenters. The Hall–Kier alpha value is -1.67. The molecule has 0 bridgehead atoms. The van der Waals surface area contributed by atoms with Crippen LogP contribution in [0, 0.1) is 5.41 Å². The van der Waals surface area contributed by atoms with Crippen molar-refractivity contribution < 1.29 is 0 Å². The molecule has 21 heavy (non-hydrogen) atoms. The number of aromatic nitrogens is 1. The maximum Gasteiger partial charge on any atom is 0.0416 e. The van der Waals surface area contributed by atoms with Crippen LogP contribution in [-0.4, -0.2) is 11.5 Å². The summed E-state index contributed by atoms with van der Waals surface area (Å²) in [6.07, 6.45) is 5.29. The van der Waals surface area contributed by atoms with Crippen molar-refractivity contribution in [2.75, 3.05) is 6.54 Å². The van der Waals surface area contributed by atoms with Gasteiger partial charge in [0.2, 0.25) is 0 Å². The van der Waals surface area contributed by atoms with Crippen LogP contribution in [0.3, 0.4) is 0 Å². The topological polar surface area (TPSA) is 24.9 Å². The summed E-state index contributed by atoms with van der Waals surface area (Å²) in [5.41, 5.74) is 4.45. The van der Waals surface area contributed by atoms with E-state index in [1.807, 2.05) is 12.3 Å². The number of rotatable bonds is 4. The van der Waals surface area contributed by atoms with E-state index in [1.165, 1.54) is 24.0 Å². The predicted molar refractivity (Wildman–Crippen MR) is 87.2 cm³/mol. The zero-order chi connectivity index (χ0) is 14.7. The third-order valence-electron chi connectivity index (χ3n) is 4.64. The molecule has 1 heterocycles. The van der Waals surface area contributed by atoms with Crippen molar-refractivity contribution in [1.29, 1.82) is 0 Å². The van der Waals surface area contributed by atoms with Gasteiger partial charge in [0, 0.05) is 30.9 Å². The van der Waals surface area contributed by atoms with Crippen molar-refractivity contribution >= 4 is 0 Å². The van der Waals surface area contributed by atoms with Crippen LogP contribution < -0.4 is 5.32 Å². The van der Waals surface area contributed by atoms with E-state index in [9.17, 15) is 0 Å². The first-order valence-corrected chi connectivity index (χ1v) is 7.88. The van der Waals surface area contributed by atoms with E-state index in [0.717, 1.165) is 18.7 Å². The van der Waals surface area contributed by atoms with Gasteiger partial charge < -0.3 is 5.32 Å². The lowest BCUT2D eigenvalue weighted by Crippen LogP contribution is -2.39. The molecule has 1 N–H and O–H groups in total. The normalized spacial score (nSPS) is 20.0. The Balaban J connectivity index is 1.71. The third kappa shape index (κ3) is 3.16. The zero-order valence-corrected chi connectivity index (χ0v) is 13.0. The molecule has 3 rings (SSSR count). The number of nitrogens with zero attached hydrogens (tertiary/aromatic N) is 1. The van der Waals surface area contributed by atoms with Gasteiger partial charge in [0.05, 0.1) is 0 Å². The first-order chi connectivity index (χ1) is 10.2. The lowest BCUT2D eigenvalue weighted by atomic mass is 9.70. The maximum atomic E-state index is 4.40. The van der Waals surface area contributed by atoms with E-state index in [1.54, 1.807) is 0 Å². The first kappa shape index (κ1) is 14.3. The van der Waals surface area contributed by atoms with E-state index < -0.39 is 0 Å². The fourth-order valence-electron chi connectivity index (χ4n) is 3.34. The van der Waals surface area contributed by atoms with Gasteiger partial charge in [-0.2, -0.15) is 0 Å². The number of pyridine rings is 1. The van der Waals surface area contributed by atoms with Crippen LogP contribution in [0.25, 0.3) is 0 Å². The van der Waals surface area contributed by atoms with Crippen LogP contribution in [-0.2, 0) is 12.8 Å². The van der Waals surface area contributed by atoms with E-state index in [2.05, 4.69) is 60.5 Å². The van der Waals surface area contributed by atoms with Crippen LogP contribution in [0.15, 0.2) is 48.7 Å². The molecule has 2 aromatic rings. The summed E-state index contributed by atoms with van der Waals surface area (Å²) in [6, 6.07) is 15.4. The monoisotopic (exact) mass is 280 g/mol. The molecular formula is C19H24N2. The van der Waals surface area contributed by atoms with Crippen molar-refractivity contribution in [3.05, 3.63) is 65.5 Å². The van der Waals surface area contributed by atoms with Gasteiger partial charge >= 0.3 is 0 Å². The quantitative estimate of drug-likeness (QED) is 0.918. The third-order valence-corrected chi connectivity index (χ3v) is 4.64. The molecule has 0 fully saturated rings. The highest BCUT2D eigenvalue weighted by atomic mass is 14.9. The van der Waals surface area contributed by atoms with E-state index >= 15 is 0 Å². The van der Waals surface area contributed by atoms with Gasteiger partial charge in [-0.05, 0) is 41.5 Å². The van der Waals surface area contributed by atoms with Gasteiger partial charge in [0.25, 0.3) is 0 Å². The Morgan fingerprint density at radius 3 is 2.76 bits per heavy atom. The standard InChI is InChI=1S/C19H24N2/c1-19(2)12-10-15-7-3-4-9-17(15)18(19)21-14-11-16-8-5-6-13-20-16/h3-9,13,18,21H,10-12,14H2,1-2H3. The Bertz CT molecular complexity index is 590. The average Bonchev–Trinajstić information content (AvgIpc) is 2.50. The van der Waals surface area contributed by atoms with Crippen LogP contribution in [0.4, 0.5) is 0 Å². The number of hydrogen-bond acceptors (Lipinski definition) is 2. The second-order valence-electron chi connectivity index (χ2n) is 6.65. The summed E-state index contributed by atoms with van der Waals surface area (Å²) >= 11 is 0. The summed E-state index contributed by atoms with van der Waals surface area (Å²) in [6.45, 7) is 5.72. The van der Waals surface area contributed by atoms with Crippen LogP contribution in [0.1, 0.15) is 43.1 Å². The van der Waals surface area contributed by atoms with E-state index in [0.29, 0.717) is 11.5 Å². The zero-order valence-electron chi connectivity index (χ0n) is 13.0. The van der Waals surface area contributed by atoms with E-state index in [4.69, 9.17) is 0 Å². The minimum absolute atomic E-state index is 0.304. The summed E-state index contributed by atoms with van der Waals surface area (Å²) in [5.74, 6) is 0. The lowest BCUT2D eigenvalue weighted by molar-refractivity contribution is 0.210. The Kier molecular flexibility index (Phi) is 4.07. The Morgan fingerprint density at radius 2 is 1.95 bits per heavy atom. The van der Waals surface area contributed by atoms with Gasteiger partial charge in [-0.25, -0.2) is 0 Å². The van der Waals surface area contributed by atoms with Crippen molar-refractivity contribution in [2.24, 2.45) is 5.41 Å². The second-order valence-corrected chi connectivity index (χ2v) is 6.65. The number of fused-ring (bicyclic) bond motifs is 1. The SMILES string of the molecule is CC1(C)CCc2ccccc2C1NCCc1ccccn1. The first-order valence-electron chi connectivity index (χ1n) is 7.88. The minimum Gasteiger partial charge on any atom is -0.309 e. The molecule has 1 unspecified atom stereocenters. The highest BCUT2D eigenvalue weighted by molar-refractivity contribution is 5.34. The van der Waals surface area contributed by atoms with Gasteiger partial charge in [0.15, 0.2) is 0 Å². The number of hydrogen-bond donors (Lipinski definition) is 1. The molecule has 0 saturated carbocycles. The maximum absolute atomic E-state index is 4.40. The number of aryl methyl sites for hydroxylation is 1. The van der Waals surface area contributed by atoms with Gasteiger partial charge in [-0.3, -0.25) is 4.98 Å². The molecule has 0 radical (unpaired) electrons. The van der Waals surface area contributed by atoms with Crippen LogP contribution in [0.2, 0.25) is 0 Å². The number of nitrogens with one attached hydrogen (secondary N) is 1. The van der Waals surface area contributed by atoms with Crippen molar-refractivity contribution in [2.45, 2.75) is 39.2 Å². The van der Waals surface area contributed by atoms with Crippen LogP contribution in [0.5, 0.6) is 0 Å². The smallest absolute Gasteiger partial charge is 0.0416 e. The van der Waals surface area contributed by atoms with Crippen molar-refractivity contribution in [3.8, 4) is 0 Å². The molecule has 1 aliphatic carbocycles. The fourth-order valence-corrected chi connectivity index (χ4v) is 3.34. The lowest BCUT2D eigenvalue weighted by Gasteiger charge is -2.40. The summed E-state index contributed by atoms with van der Waals surface area (Å²) in [5, 5.41) is 3.78. The van der Waals surface area contributed by atoms with Gasteiger partial charge in [0.1, 0.15) is 0 Å². The van der Waals surface area contributed by atoms with Crippen molar-refractivity contribution in [3.63, 3.8) is 0 Å². The largest absolute Gasteiger partial charge is 0.309 e. The number of benzene rings is 1. The summed E-state index contributed by atoms with van der Waals surface area (Å²) in [4.78, 5) is 4.40. The molecular weight excluding hydrogens is 256 g/mol. The highest BCUT2D eigenvalue weighted by Crippen LogP contribution is 2.43. The molecule has 2 heteroatoms. The molecule has 0 spiro atoms. The Morgan fingerprint density at radius 1 is 1.14 bits per heavy atom. The minimum atomic E-state index is 0.304. The molecule has 0 amide bonds.